The highest BCUT2D eigenvalue weighted by atomic mass is 14.7. The number of nitrogens with two attached hydrogens (primary N) is 2. The van der Waals surface area contributed by atoms with Gasteiger partial charge in [0.1, 0.15) is 5.84 Å². The Morgan fingerprint density at radius 3 is 2.62 bits per heavy atom. The molecule has 0 aliphatic heterocycles. The van der Waals surface area contributed by atoms with Gasteiger partial charge in [0.15, 0.2) is 0 Å². The zero-order valence-electron chi connectivity index (χ0n) is 8.64. The molecule has 0 aliphatic rings. The Balaban J connectivity index is 2.52. The van der Waals surface area contributed by atoms with Crippen LogP contribution in [0.3, 0.4) is 0 Å². The lowest BCUT2D eigenvalue weighted by Gasteiger charge is -2.06. The van der Waals surface area contributed by atoms with Crippen molar-refractivity contribution in [1.82, 2.24) is 4.98 Å². The summed E-state index contributed by atoms with van der Waals surface area (Å²) in [5.41, 5.74) is 14.0. The minimum atomic E-state index is -0.0321. The Morgan fingerprint density at radius 1 is 1.19 bits per heavy atom. The number of rotatable bonds is 2. The molecule has 0 saturated heterocycles. The molecule has 1 aromatic carbocycles. The Kier molecular flexibility index (Phi) is 2.55. The quantitative estimate of drug-likeness (QED) is 0.401. The maximum Gasteiger partial charge on any atom is 0.124 e. The average Bonchev–Trinajstić information content (AvgIpc) is 2.30. The van der Waals surface area contributed by atoms with Crippen molar-refractivity contribution >= 4 is 11.5 Å². The number of nitrogens with zero attached hydrogens (tertiary/aromatic N) is 1. The minimum Gasteiger partial charge on any atom is -0.398 e. The van der Waals surface area contributed by atoms with Gasteiger partial charge in [0.05, 0.1) is 5.69 Å². The number of benzene rings is 1. The number of anilines is 1. The lowest BCUT2D eigenvalue weighted by atomic mass is 10.1. The van der Waals surface area contributed by atoms with Crippen molar-refractivity contribution in [3.05, 3.63) is 48.2 Å². The maximum atomic E-state index is 7.41. The summed E-state index contributed by atoms with van der Waals surface area (Å²) in [6, 6.07) is 11.0. The highest BCUT2D eigenvalue weighted by Crippen LogP contribution is 2.21. The maximum absolute atomic E-state index is 7.41. The van der Waals surface area contributed by atoms with Crippen molar-refractivity contribution in [3.63, 3.8) is 0 Å². The van der Waals surface area contributed by atoms with Gasteiger partial charge in [0.2, 0.25) is 0 Å². The molecule has 80 valence electrons. The molecule has 4 heteroatoms. The molecular weight excluding hydrogens is 200 g/mol. The van der Waals surface area contributed by atoms with Gasteiger partial charge in [-0.15, -0.1) is 0 Å². The van der Waals surface area contributed by atoms with Gasteiger partial charge >= 0.3 is 0 Å². The molecular formula is C12H12N4. The third-order valence-corrected chi connectivity index (χ3v) is 2.30. The molecule has 0 amide bonds. The van der Waals surface area contributed by atoms with Crippen molar-refractivity contribution in [2.45, 2.75) is 0 Å². The van der Waals surface area contributed by atoms with Crippen LogP contribution in [0.1, 0.15) is 5.56 Å². The highest BCUT2D eigenvalue weighted by Gasteiger charge is 2.05. The van der Waals surface area contributed by atoms with Crippen LogP contribution in [0.25, 0.3) is 11.3 Å². The van der Waals surface area contributed by atoms with Crippen LogP contribution in [0, 0.1) is 5.41 Å². The molecule has 0 fully saturated rings. The number of aromatic nitrogens is 1. The van der Waals surface area contributed by atoms with E-state index in [1.165, 1.54) is 0 Å². The van der Waals surface area contributed by atoms with Gasteiger partial charge in [-0.25, -0.2) is 0 Å². The fourth-order valence-electron chi connectivity index (χ4n) is 1.48. The number of nitrogens with one attached hydrogen (secondary N) is 1. The molecule has 0 bridgehead atoms. The second-order valence-electron chi connectivity index (χ2n) is 3.43. The predicted octanol–water partition coefficient (Wildman–Crippen LogP) is 1.61. The fourth-order valence-corrected chi connectivity index (χ4v) is 1.48. The third kappa shape index (κ3) is 1.86. The van der Waals surface area contributed by atoms with E-state index < -0.39 is 0 Å². The first-order valence-corrected chi connectivity index (χ1v) is 4.84. The van der Waals surface area contributed by atoms with Gasteiger partial charge in [-0.3, -0.25) is 10.4 Å². The van der Waals surface area contributed by atoms with Crippen molar-refractivity contribution in [1.29, 1.82) is 5.41 Å². The first-order chi connectivity index (χ1) is 7.68. The number of pyridine rings is 1. The van der Waals surface area contributed by atoms with E-state index in [-0.39, 0.29) is 5.84 Å². The zero-order chi connectivity index (χ0) is 11.5. The summed E-state index contributed by atoms with van der Waals surface area (Å²) in [5, 5.41) is 7.41. The molecule has 0 saturated carbocycles. The van der Waals surface area contributed by atoms with Crippen LogP contribution < -0.4 is 11.5 Å². The number of amidine groups is 1. The summed E-state index contributed by atoms with van der Waals surface area (Å²) in [5.74, 6) is -0.0321. The molecule has 16 heavy (non-hydrogen) atoms. The smallest absolute Gasteiger partial charge is 0.124 e. The van der Waals surface area contributed by atoms with Gasteiger partial charge in [-0.2, -0.15) is 0 Å². The van der Waals surface area contributed by atoms with Crippen molar-refractivity contribution in [2.24, 2.45) is 5.73 Å². The summed E-state index contributed by atoms with van der Waals surface area (Å²) < 4.78 is 0. The number of nitrogen functional groups attached to an aromatic ring is 2. The van der Waals surface area contributed by atoms with Crippen LogP contribution in [0.5, 0.6) is 0 Å². The molecule has 2 rings (SSSR count). The molecule has 0 radical (unpaired) electrons. The molecule has 0 unspecified atom stereocenters. The molecule has 0 atom stereocenters. The van der Waals surface area contributed by atoms with Crippen molar-refractivity contribution in [2.75, 3.05) is 5.73 Å². The van der Waals surface area contributed by atoms with E-state index in [0.29, 0.717) is 11.3 Å². The predicted molar refractivity (Wildman–Crippen MR) is 65.1 cm³/mol. The standard InChI is InChI=1S/C12H12N4/c13-10-5-4-8(7-9(10)12(14)15)11-3-1-2-6-16-11/h1-7H,13H2,(H3,14,15). The molecule has 4 nitrogen and oxygen atoms in total. The summed E-state index contributed by atoms with van der Waals surface area (Å²) >= 11 is 0. The third-order valence-electron chi connectivity index (χ3n) is 2.30. The van der Waals surface area contributed by atoms with E-state index in [2.05, 4.69) is 4.98 Å². The molecule has 5 N–H and O–H groups in total. The van der Waals surface area contributed by atoms with Crippen LogP contribution in [0.4, 0.5) is 5.69 Å². The largest absolute Gasteiger partial charge is 0.398 e. The number of hydrogen-bond donors (Lipinski definition) is 3. The van der Waals surface area contributed by atoms with Crippen molar-refractivity contribution < 1.29 is 0 Å². The van der Waals surface area contributed by atoms with Gasteiger partial charge in [-0.05, 0) is 24.3 Å². The lowest BCUT2D eigenvalue weighted by Crippen LogP contribution is -2.13. The van der Waals surface area contributed by atoms with E-state index >= 15 is 0 Å². The fraction of sp³-hybridized carbons (Fsp3) is 0. The Morgan fingerprint density at radius 2 is 2.00 bits per heavy atom. The van der Waals surface area contributed by atoms with Gasteiger partial charge in [0, 0.05) is 23.0 Å². The van der Waals surface area contributed by atoms with E-state index in [0.717, 1.165) is 11.3 Å². The Bertz CT molecular complexity index is 520. The van der Waals surface area contributed by atoms with Crippen LogP contribution >= 0.6 is 0 Å². The normalized spacial score (nSPS) is 10.0. The van der Waals surface area contributed by atoms with E-state index in [4.69, 9.17) is 16.9 Å². The topological polar surface area (TPSA) is 88.8 Å². The number of hydrogen-bond acceptors (Lipinski definition) is 3. The van der Waals surface area contributed by atoms with Crippen molar-refractivity contribution in [3.8, 4) is 11.3 Å². The van der Waals surface area contributed by atoms with Gasteiger partial charge in [0.25, 0.3) is 0 Å². The Labute approximate surface area is 93.4 Å². The van der Waals surface area contributed by atoms with Crippen LogP contribution in [-0.4, -0.2) is 10.8 Å². The van der Waals surface area contributed by atoms with E-state index in [1.807, 2.05) is 24.3 Å². The first-order valence-electron chi connectivity index (χ1n) is 4.84. The first kappa shape index (κ1) is 10.2. The van der Waals surface area contributed by atoms with Crippen LogP contribution in [0.2, 0.25) is 0 Å². The summed E-state index contributed by atoms with van der Waals surface area (Å²) in [7, 11) is 0. The average molecular weight is 212 g/mol. The van der Waals surface area contributed by atoms with E-state index in [1.54, 1.807) is 18.3 Å². The molecule has 0 spiro atoms. The zero-order valence-corrected chi connectivity index (χ0v) is 8.64. The summed E-state index contributed by atoms with van der Waals surface area (Å²) in [6.45, 7) is 0. The molecule has 1 heterocycles. The highest BCUT2D eigenvalue weighted by molar-refractivity contribution is 6.00. The molecule has 0 aliphatic carbocycles. The second-order valence-corrected chi connectivity index (χ2v) is 3.43. The lowest BCUT2D eigenvalue weighted by molar-refractivity contribution is 1.32. The van der Waals surface area contributed by atoms with Crippen LogP contribution in [0.15, 0.2) is 42.6 Å². The SMILES string of the molecule is N=C(N)c1cc(-c2ccccn2)ccc1N. The second kappa shape index (κ2) is 4.02. The summed E-state index contributed by atoms with van der Waals surface area (Å²) in [4.78, 5) is 4.23. The van der Waals surface area contributed by atoms with Crippen LogP contribution in [-0.2, 0) is 0 Å². The summed E-state index contributed by atoms with van der Waals surface area (Å²) in [6.07, 6.45) is 1.72. The van der Waals surface area contributed by atoms with Gasteiger partial charge < -0.3 is 11.5 Å². The molecule has 2 aromatic rings. The Hall–Kier alpha value is -2.36. The van der Waals surface area contributed by atoms with E-state index in [9.17, 15) is 0 Å². The minimum absolute atomic E-state index is 0.0321. The molecule has 1 aromatic heterocycles. The monoisotopic (exact) mass is 212 g/mol. The van der Waals surface area contributed by atoms with Gasteiger partial charge in [-0.1, -0.05) is 12.1 Å².